The topological polar surface area (TPSA) is 62.5 Å². The number of amides is 1. The number of nitrogens with one attached hydrogen (secondary N) is 1. The molecule has 1 aliphatic carbocycles. The summed E-state index contributed by atoms with van der Waals surface area (Å²) in [5.74, 6) is 0.956. The molecule has 1 aromatic heterocycles. The Balaban J connectivity index is 1.93. The van der Waals surface area contributed by atoms with Crippen LogP contribution in [0.2, 0.25) is 0 Å². The molecule has 106 valence electrons. The van der Waals surface area contributed by atoms with Crippen LogP contribution in [0, 0.1) is 6.92 Å². The second-order valence-corrected chi connectivity index (χ2v) is 5.54. The summed E-state index contributed by atoms with van der Waals surface area (Å²) < 4.78 is 5.50. The average Bonchev–Trinajstić information content (AvgIpc) is 2.78. The minimum atomic E-state index is -0.733. The second kappa shape index (κ2) is 5.78. The summed E-state index contributed by atoms with van der Waals surface area (Å²) in [6.45, 7) is 4.25. The van der Waals surface area contributed by atoms with E-state index in [1.54, 1.807) is 6.07 Å². The van der Waals surface area contributed by atoms with Gasteiger partial charge in [0.25, 0.3) is 5.91 Å². The first-order valence-corrected chi connectivity index (χ1v) is 7.14. The van der Waals surface area contributed by atoms with E-state index in [4.69, 9.17) is 4.42 Å². The van der Waals surface area contributed by atoms with E-state index in [1.165, 1.54) is 6.42 Å². The normalized spacial score (nSPS) is 18.3. The highest BCUT2D eigenvalue weighted by atomic mass is 16.4. The maximum atomic E-state index is 12.0. The minimum absolute atomic E-state index is 0.234. The monoisotopic (exact) mass is 265 g/mol. The molecule has 1 saturated carbocycles. The van der Waals surface area contributed by atoms with Gasteiger partial charge >= 0.3 is 0 Å². The lowest BCUT2D eigenvalue weighted by atomic mass is 9.85. The molecular formula is C15H23NO3. The van der Waals surface area contributed by atoms with Crippen molar-refractivity contribution in [2.24, 2.45) is 0 Å². The number of hydrogen-bond donors (Lipinski definition) is 2. The van der Waals surface area contributed by atoms with Gasteiger partial charge in [-0.2, -0.15) is 0 Å². The van der Waals surface area contributed by atoms with Crippen molar-refractivity contribution in [3.63, 3.8) is 0 Å². The lowest BCUT2D eigenvalue weighted by Crippen LogP contribution is -2.44. The SMILES string of the molecule is CCc1oc(C(=O)NCC2(O)CCCCC2)cc1C. The van der Waals surface area contributed by atoms with Crippen LogP contribution in [-0.2, 0) is 6.42 Å². The number of furan rings is 1. The van der Waals surface area contributed by atoms with E-state index >= 15 is 0 Å². The highest BCUT2D eigenvalue weighted by Gasteiger charge is 2.29. The Morgan fingerprint density at radius 1 is 1.42 bits per heavy atom. The summed E-state index contributed by atoms with van der Waals surface area (Å²) in [6, 6.07) is 1.76. The van der Waals surface area contributed by atoms with Crippen LogP contribution in [0.15, 0.2) is 10.5 Å². The van der Waals surface area contributed by atoms with E-state index in [2.05, 4.69) is 5.32 Å². The molecule has 4 heteroatoms. The van der Waals surface area contributed by atoms with Crippen molar-refractivity contribution < 1.29 is 14.3 Å². The third kappa shape index (κ3) is 3.38. The summed E-state index contributed by atoms with van der Waals surface area (Å²) in [5.41, 5.74) is 0.271. The molecule has 0 unspecified atom stereocenters. The number of aliphatic hydroxyl groups is 1. The first-order valence-electron chi connectivity index (χ1n) is 7.14. The zero-order chi connectivity index (χ0) is 13.9. The first kappa shape index (κ1) is 14.1. The maximum Gasteiger partial charge on any atom is 0.287 e. The molecule has 1 amide bonds. The van der Waals surface area contributed by atoms with Crippen LogP contribution >= 0.6 is 0 Å². The van der Waals surface area contributed by atoms with Crippen molar-refractivity contribution in [2.45, 2.75) is 58.0 Å². The van der Waals surface area contributed by atoms with E-state index in [0.29, 0.717) is 12.3 Å². The van der Waals surface area contributed by atoms with E-state index in [-0.39, 0.29) is 5.91 Å². The predicted octanol–water partition coefficient (Wildman–Crippen LogP) is 2.58. The van der Waals surface area contributed by atoms with Crippen molar-refractivity contribution in [3.05, 3.63) is 23.2 Å². The van der Waals surface area contributed by atoms with Crippen molar-refractivity contribution >= 4 is 5.91 Å². The molecule has 0 spiro atoms. The Kier molecular flexibility index (Phi) is 4.30. The highest BCUT2D eigenvalue weighted by Crippen LogP contribution is 2.27. The highest BCUT2D eigenvalue weighted by molar-refractivity contribution is 5.91. The molecule has 0 saturated heterocycles. The second-order valence-electron chi connectivity index (χ2n) is 5.54. The van der Waals surface area contributed by atoms with Crippen LogP contribution in [-0.4, -0.2) is 23.2 Å². The first-order chi connectivity index (χ1) is 9.04. The zero-order valence-corrected chi connectivity index (χ0v) is 11.8. The molecule has 0 radical (unpaired) electrons. The largest absolute Gasteiger partial charge is 0.456 e. The molecule has 1 fully saturated rings. The summed E-state index contributed by atoms with van der Waals surface area (Å²) in [5, 5.41) is 13.1. The van der Waals surface area contributed by atoms with Crippen LogP contribution < -0.4 is 5.32 Å². The van der Waals surface area contributed by atoms with Gasteiger partial charge < -0.3 is 14.8 Å². The fourth-order valence-corrected chi connectivity index (χ4v) is 2.70. The van der Waals surface area contributed by atoms with Crippen LogP contribution in [0.3, 0.4) is 0 Å². The summed E-state index contributed by atoms with van der Waals surface area (Å²) in [7, 11) is 0. The lowest BCUT2D eigenvalue weighted by molar-refractivity contribution is 0.00502. The standard InChI is InChI=1S/C15H23NO3/c1-3-12-11(2)9-13(19-12)14(17)16-10-15(18)7-5-4-6-8-15/h9,18H,3-8,10H2,1-2H3,(H,16,17). The molecule has 1 aromatic rings. The Bertz CT molecular complexity index is 444. The van der Waals surface area contributed by atoms with Crippen LogP contribution in [0.25, 0.3) is 0 Å². The fourth-order valence-electron chi connectivity index (χ4n) is 2.70. The number of rotatable bonds is 4. The Morgan fingerprint density at radius 3 is 2.68 bits per heavy atom. The number of aryl methyl sites for hydroxylation is 2. The quantitative estimate of drug-likeness (QED) is 0.879. The van der Waals surface area contributed by atoms with Gasteiger partial charge in [0, 0.05) is 13.0 Å². The lowest BCUT2D eigenvalue weighted by Gasteiger charge is -2.31. The minimum Gasteiger partial charge on any atom is -0.456 e. The van der Waals surface area contributed by atoms with Gasteiger partial charge in [-0.1, -0.05) is 26.2 Å². The molecule has 2 N–H and O–H groups in total. The van der Waals surface area contributed by atoms with Crippen molar-refractivity contribution in [3.8, 4) is 0 Å². The Morgan fingerprint density at radius 2 is 2.11 bits per heavy atom. The van der Waals surface area contributed by atoms with Gasteiger partial charge in [0.2, 0.25) is 0 Å². The van der Waals surface area contributed by atoms with Crippen molar-refractivity contribution in [2.75, 3.05) is 6.54 Å². The number of carbonyl (C=O) groups is 1. The van der Waals surface area contributed by atoms with Gasteiger partial charge in [-0.05, 0) is 31.4 Å². The summed E-state index contributed by atoms with van der Waals surface area (Å²) >= 11 is 0. The van der Waals surface area contributed by atoms with Crippen LogP contribution in [0.1, 0.15) is 60.9 Å². The number of hydrogen-bond acceptors (Lipinski definition) is 3. The molecule has 0 bridgehead atoms. The molecule has 0 atom stereocenters. The molecule has 2 rings (SSSR count). The van der Waals surface area contributed by atoms with Gasteiger partial charge in [0.15, 0.2) is 5.76 Å². The van der Waals surface area contributed by atoms with Gasteiger partial charge in [0.1, 0.15) is 5.76 Å². The molecule has 4 nitrogen and oxygen atoms in total. The predicted molar refractivity (Wildman–Crippen MR) is 73.2 cm³/mol. The average molecular weight is 265 g/mol. The molecule has 1 heterocycles. The van der Waals surface area contributed by atoms with Gasteiger partial charge in [-0.25, -0.2) is 0 Å². The van der Waals surface area contributed by atoms with E-state index in [0.717, 1.165) is 43.4 Å². The summed E-state index contributed by atoms with van der Waals surface area (Å²) in [4.78, 5) is 12.0. The molecule has 0 aromatic carbocycles. The smallest absolute Gasteiger partial charge is 0.287 e. The van der Waals surface area contributed by atoms with E-state index in [9.17, 15) is 9.90 Å². The maximum absolute atomic E-state index is 12.0. The molecule has 0 aliphatic heterocycles. The Hall–Kier alpha value is -1.29. The van der Waals surface area contributed by atoms with E-state index < -0.39 is 5.60 Å². The molecular weight excluding hydrogens is 242 g/mol. The third-order valence-corrected chi connectivity index (χ3v) is 3.93. The molecule has 1 aliphatic rings. The van der Waals surface area contributed by atoms with Gasteiger partial charge in [-0.15, -0.1) is 0 Å². The van der Waals surface area contributed by atoms with Gasteiger partial charge in [-0.3, -0.25) is 4.79 Å². The summed E-state index contributed by atoms with van der Waals surface area (Å²) in [6.07, 6.45) is 5.56. The van der Waals surface area contributed by atoms with Crippen molar-refractivity contribution in [1.29, 1.82) is 0 Å². The van der Waals surface area contributed by atoms with Crippen LogP contribution in [0.5, 0.6) is 0 Å². The Labute approximate surface area is 114 Å². The third-order valence-electron chi connectivity index (χ3n) is 3.93. The number of carbonyl (C=O) groups excluding carboxylic acids is 1. The zero-order valence-electron chi connectivity index (χ0n) is 11.8. The molecule has 19 heavy (non-hydrogen) atoms. The fraction of sp³-hybridized carbons (Fsp3) is 0.667. The van der Waals surface area contributed by atoms with Crippen molar-refractivity contribution in [1.82, 2.24) is 5.32 Å². The van der Waals surface area contributed by atoms with Gasteiger partial charge in [0.05, 0.1) is 5.60 Å². The van der Waals surface area contributed by atoms with Crippen LogP contribution in [0.4, 0.5) is 0 Å². The van der Waals surface area contributed by atoms with E-state index in [1.807, 2.05) is 13.8 Å².